The molecule has 6 aromatic rings. The molecule has 0 spiro atoms. The number of thiazole rings is 1. The molecule has 0 amide bonds. The number of para-hydroxylation sites is 3. The third kappa shape index (κ3) is 3.75. The van der Waals surface area contributed by atoms with Crippen molar-refractivity contribution in [3.8, 4) is 32.8 Å². The number of anilines is 3. The summed E-state index contributed by atoms with van der Waals surface area (Å²) in [5.74, 6) is 0. The van der Waals surface area contributed by atoms with E-state index in [1.165, 1.54) is 38.3 Å². The van der Waals surface area contributed by atoms with Crippen molar-refractivity contribution in [1.29, 1.82) is 0 Å². The van der Waals surface area contributed by atoms with E-state index < -0.39 is 0 Å². The molecule has 0 aliphatic carbocycles. The van der Waals surface area contributed by atoms with Gasteiger partial charge in [0.25, 0.3) is 6.85 Å². The van der Waals surface area contributed by atoms with Crippen molar-refractivity contribution in [3.05, 3.63) is 128 Å². The molecule has 3 aliphatic rings. The Kier molecular flexibility index (Phi) is 5.91. The van der Waals surface area contributed by atoms with Crippen LogP contribution < -0.4 is 20.6 Å². The number of aromatic nitrogens is 1. The van der Waals surface area contributed by atoms with E-state index in [4.69, 9.17) is 4.98 Å². The molecule has 3 aliphatic heterocycles. The summed E-state index contributed by atoms with van der Waals surface area (Å²) in [7, 11) is 2.04. The summed E-state index contributed by atoms with van der Waals surface area (Å²) >= 11 is 1.72. The van der Waals surface area contributed by atoms with E-state index in [9.17, 15) is 0 Å². The second-order valence-electron chi connectivity index (χ2n) is 10.7. The predicted molar refractivity (Wildman–Crippen MR) is 171 cm³/mol. The van der Waals surface area contributed by atoms with Crippen LogP contribution in [0.4, 0.5) is 17.1 Å². The first-order valence-electron chi connectivity index (χ1n) is 13.7. The quantitative estimate of drug-likeness (QED) is 0.152. The van der Waals surface area contributed by atoms with Crippen LogP contribution in [0.3, 0.4) is 0 Å². The molecule has 0 bridgehead atoms. The maximum Gasteiger partial charge on any atom is 0.285 e. The Balaban J connectivity index is 0.00000267. The van der Waals surface area contributed by atoms with Gasteiger partial charge in [0.05, 0.1) is 5.52 Å². The van der Waals surface area contributed by atoms with E-state index in [-0.39, 0.29) is 27.3 Å². The van der Waals surface area contributed by atoms with Crippen LogP contribution >= 0.6 is 11.3 Å². The summed E-state index contributed by atoms with van der Waals surface area (Å²) < 4.78 is 1.19. The molecule has 0 unspecified atom stereocenters. The van der Waals surface area contributed by atoms with E-state index in [0.717, 1.165) is 32.7 Å². The smallest absolute Gasteiger partial charge is 0.285 e. The number of nitrogens with zero attached hydrogens (tertiary/aromatic N) is 4. The summed E-state index contributed by atoms with van der Waals surface area (Å²) in [6, 6.07) is 42.4. The van der Waals surface area contributed by atoms with Crippen molar-refractivity contribution in [2.75, 3.05) is 16.8 Å². The first-order valence-corrected chi connectivity index (χ1v) is 14.5. The van der Waals surface area contributed by atoms with Crippen LogP contribution in [0.1, 0.15) is 0 Å². The third-order valence-electron chi connectivity index (χ3n) is 8.22. The maximum absolute atomic E-state index is 4.98. The molecule has 42 heavy (non-hydrogen) atoms. The number of fused-ring (bicyclic) bond motifs is 12. The monoisotopic (exact) mass is 647 g/mol. The Hall–Kier alpha value is -4.14. The van der Waals surface area contributed by atoms with Gasteiger partial charge in [0.1, 0.15) is 0 Å². The average molecular weight is 648 g/mol. The van der Waals surface area contributed by atoms with E-state index in [0.29, 0.717) is 0 Å². The molecule has 9 rings (SSSR count). The Morgan fingerprint density at radius 2 is 1.38 bits per heavy atom. The zero-order valence-corrected chi connectivity index (χ0v) is 24.9. The van der Waals surface area contributed by atoms with E-state index >= 15 is 0 Å². The van der Waals surface area contributed by atoms with Gasteiger partial charge in [0, 0.05) is 41.5 Å². The molecule has 0 fully saturated rings. The van der Waals surface area contributed by atoms with Gasteiger partial charge in [-0.3, -0.25) is 4.98 Å². The molecule has 7 heteroatoms. The summed E-state index contributed by atoms with van der Waals surface area (Å²) in [4.78, 5) is 11.7. The molecule has 5 aromatic carbocycles. The van der Waals surface area contributed by atoms with Gasteiger partial charge in [-0.2, -0.15) is 35.6 Å². The Morgan fingerprint density at radius 3 is 2.10 bits per heavy atom. The van der Waals surface area contributed by atoms with Gasteiger partial charge in [-0.25, -0.2) is 0 Å². The fraction of sp³-hybridized carbons (Fsp3) is 0.0286. The number of benzene rings is 5. The van der Waals surface area contributed by atoms with Crippen molar-refractivity contribution in [2.24, 2.45) is 0 Å². The summed E-state index contributed by atoms with van der Waals surface area (Å²) in [6.45, 7) is 2.00. The standard InChI is InChI=1S/C35H22BN4S.Pd/c1-38-18-19-39(22-38)24-15-17-26-28-9-3-6-12-33(28)40-32-11-5-2-8-27(32)25-16-14-23(20-29(25)36(40)30(26)21-24)35-37-31-10-4-7-13-34(31)41-35;/h2-19,22H,1H3;/q-3;. The first kappa shape index (κ1) is 25.6. The van der Waals surface area contributed by atoms with Crippen LogP contribution in [0.15, 0.2) is 109 Å². The summed E-state index contributed by atoms with van der Waals surface area (Å²) in [6.07, 6.45) is 4.13. The second-order valence-corrected chi connectivity index (χ2v) is 11.7. The van der Waals surface area contributed by atoms with Gasteiger partial charge < -0.3 is 14.6 Å². The van der Waals surface area contributed by atoms with E-state index in [1.807, 2.05) is 13.1 Å². The van der Waals surface area contributed by atoms with E-state index in [2.05, 4.69) is 137 Å². The van der Waals surface area contributed by atoms with Crippen molar-refractivity contribution >= 4 is 56.4 Å². The van der Waals surface area contributed by atoms with Crippen LogP contribution in [-0.4, -0.2) is 23.8 Å². The molecule has 1 aromatic heterocycles. The molecule has 0 atom stereocenters. The first-order chi connectivity index (χ1) is 20.2. The Bertz CT molecular complexity index is 2020. The molecular formula is C35H22BN4PdS-3. The van der Waals surface area contributed by atoms with Gasteiger partial charge in [0.2, 0.25) is 0 Å². The topological polar surface area (TPSA) is 22.6 Å². The van der Waals surface area contributed by atoms with Crippen molar-refractivity contribution < 1.29 is 20.4 Å². The second kappa shape index (κ2) is 9.71. The minimum Gasteiger partial charge on any atom is -0.510 e. The molecule has 4 nitrogen and oxygen atoms in total. The average Bonchev–Trinajstić information content (AvgIpc) is 3.67. The largest absolute Gasteiger partial charge is 0.510 e. The molecule has 0 saturated carbocycles. The minimum atomic E-state index is -0.0802. The van der Waals surface area contributed by atoms with Gasteiger partial charge in [-0.1, -0.05) is 54.1 Å². The number of hydrogen-bond donors (Lipinski definition) is 0. The van der Waals surface area contributed by atoms with Crippen molar-refractivity contribution in [1.82, 2.24) is 9.88 Å². The molecule has 0 saturated heterocycles. The summed E-state index contributed by atoms with van der Waals surface area (Å²) in [5, 5.41) is 0.994. The van der Waals surface area contributed by atoms with Crippen LogP contribution in [0, 0.1) is 18.8 Å². The number of rotatable bonds is 2. The van der Waals surface area contributed by atoms with Crippen LogP contribution in [-0.2, 0) is 20.4 Å². The van der Waals surface area contributed by atoms with Gasteiger partial charge >= 0.3 is 0 Å². The van der Waals surface area contributed by atoms with Crippen molar-refractivity contribution in [2.45, 2.75) is 0 Å². The molecule has 0 radical (unpaired) electrons. The zero-order valence-electron chi connectivity index (χ0n) is 22.6. The zero-order chi connectivity index (χ0) is 27.1. The SMILES string of the molecule is CN1C=CN(c2[c-]c3c(cc2)-c2ccccc2N2B3c3[c-]c(-c4nc5ccccc5s4)ccc3-c3ccccc32)[CH-]1.[Pd]. The fourth-order valence-corrected chi connectivity index (χ4v) is 7.35. The molecular weight excluding hydrogens is 626 g/mol. The Labute approximate surface area is 263 Å². The minimum absolute atomic E-state index is 0. The number of hydrogen-bond acceptors (Lipinski definition) is 5. The van der Waals surface area contributed by atoms with Crippen LogP contribution in [0.2, 0.25) is 0 Å². The van der Waals surface area contributed by atoms with Crippen molar-refractivity contribution in [3.63, 3.8) is 0 Å². The van der Waals surface area contributed by atoms with Crippen LogP contribution in [0.5, 0.6) is 0 Å². The Morgan fingerprint density at radius 1 is 0.714 bits per heavy atom. The van der Waals surface area contributed by atoms with Gasteiger partial charge in [-0.15, -0.1) is 52.1 Å². The molecule has 4 heterocycles. The maximum atomic E-state index is 4.98. The van der Waals surface area contributed by atoms with Crippen LogP contribution in [0.25, 0.3) is 43.0 Å². The van der Waals surface area contributed by atoms with Gasteiger partial charge in [-0.05, 0) is 49.3 Å². The predicted octanol–water partition coefficient (Wildman–Crippen LogP) is 6.81. The van der Waals surface area contributed by atoms with E-state index in [1.54, 1.807) is 11.3 Å². The molecule has 0 N–H and O–H groups in total. The van der Waals surface area contributed by atoms with Gasteiger partial charge in [0.15, 0.2) is 0 Å². The fourth-order valence-electron chi connectivity index (χ4n) is 6.40. The normalized spacial score (nSPS) is 14.2. The summed E-state index contributed by atoms with van der Waals surface area (Å²) in [5.41, 5.74) is 12.7. The molecule has 204 valence electrons. The third-order valence-corrected chi connectivity index (χ3v) is 9.29.